The van der Waals surface area contributed by atoms with Crippen molar-refractivity contribution in [2.24, 2.45) is 0 Å². The summed E-state index contributed by atoms with van der Waals surface area (Å²) in [6, 6.07) is 24.6. The smallest absolute Gasteiger partial charge is 0.235 e. The van der Waals surface area contributed by atoms with E-state index in [0.717, 1.165) is 23.4 Å². The lowest BCUT2D eigenvalue weighted by molar-refractivity contribution is -0.132. The molecule has 1 atom stereocenters. The second-order valence-electron chi connectivity index (χ2n) is 6.46. The summed E-state index contributed by atoms with van der Waals surface area (Å²) in [6.45, 7) is 2.93. The third-order valence-corrected chi connectivity index (χ3v) is 7.14. The molecule has 0 saturated carbocycles. The number of benzene rings is 2. The molecule has 26 heavy (non-hydrogen) atoms. The quantitative estimate of drug-likeness (QED) is 0.600. The van der Waals surface area contributed by atoms with E-state index in [2.05, 4.69) is 48.2 Å². The molecule has 4 rings (SSSR count). The van der Waals surface area contributed by atoms with E-state index in [1.807, 2.05) is 48.2 Å². The second kappa shape index (κ2) is 7.68. The van der Waals surface area contributed by atoms with Gasteiger partial charge in [0.2, 0.25) is 5.91 Å². The maximum atomic E-state index is 13.7. The molecule has 3 aromatic rings. The standard InChI is InChI=1S/C22H21NOS2/c1-16-12-13-19(26-16)22-23(14-15-25-22)21(24)20(17-8-4-2-5-9-17)18-10-6-3-7-11-18/h2-13,20,22H,14-15H2,1H3. The summed E-state index contributed by atoms with van der Waals surface area (Å²) in [5, 5.41) is 0.135. The van der Waals surface area contributed by atoms with Crippen LogP contribution in [-0.2, 0) is 4.79 Å². The van der Waals surface area contributed by atoms with E-state index in [1.54, 1.807) is 11.3 Å². The summed E-state index contributed by atoms with van der Waals surface area (Å²) in [5.74, 6) is 0.937. The fourth-order valence-corrected chi connectivity index (χ4v) is 5.83. The Morgan fingerprint density at radius 3 is 2.12 bits per heavy atom. The van der Waals surface area contributed by atoms with Crippen LogP contribution in [0, 0.1) is 6.92 Å². The first-order valence-corrected chi connectivity index (χ1v) is 10.7. The molecule has 1 amide bonds. The molecular weight excluding hydrogens is 358 g/mol. The lowest BCUT2D eigenvalue weighted by Crippen LogP contribution is -2.35. The molecule has 1 aliphatic rings. The van der Waals surface area contributed by atoms with Crippen molar-refractivity contribution in [1.29, 1.82) is 0 Å². The van der Waals surface area contributed by atoms with Gasteiger partial charge in [0.1, 0.15) is 5.37 Å². The highest BCUT2D eigenvalue weighted by molar-refractivity contribution is 7.99. The summed E-state index contributed by atoms with van der Waals surface area (Å²) >= 11 is 3.66. The normalized spacial score (nSPS) is 17.0. The molecule has 0 spiro atoms. The zero-order valence-corrected chi connectivity index (χ0v) is 16.3. The fraction of sp³-hybridized carbons (Fsp3) is 0.227. The molecule has 132 valence electrons. The number of thioether (sulfide) groups is 1. The van der Waals surface area contributed by atoms with E-state index >= 15 is 0 Å². The molecule has 1 saturated heterocycles. The highest BCUT2D eigenvalue weighted by Gasteiger charge is 2.36. The lowest BCUT2D eigenvalue weighted by atomic mass is 9.90. The number of amides is 1. The molecule has 0 N–H and O–H groups in total. The molecule has 0 radical (unpaired) electrons. The predicted molar refractivity (Wildman–Crippen MR) is 111 cm³/mol. The van der Waals surface area contributed by atoms with Gasteiger partial charge in [0.25, 0.3) is 0 Å². The SMILES string of the molecule is Cc1ccc(C2SCCN2C(=O)C(c2ccccc2)c2ccccc2)s1. The molecule has 2 heterocycles. The highest BCUT2D eigenvalue weighted by atomic mass is 32.2. The zero-order chi connectivity index (χ0) is 17.9. The summed E-state index contributed by atoms with van der Waals surface area (Å²) < 4.78 is 0. The molecule has 1 aliphatic heterocycles. The van der Waals surface area contributed by atoms with E-state index in [1.165, 1.54) is 9.75 Å². The Morgan fingerprint density at radius 2 is 1.58 bits per heavy atom. The molecule has 1 unspecified atom stereocenters. The van der Waals surface area contributed by atoms with Crippen LogP contribution in [0.5, 0.6) is 0 Å². The Hall–Kier alpha value is -2.04. The van der Waals surface area contributed by atoms with Crippen LogP contribution in [0.1, 0.15) is 32.2 Å². The van der Waals surface area contributed by atoms with Crippen molar-refractivity contribution in [2.75, 3.05) is 12.3 Å². The van der Waals surface area contributed by atoms with Gasteiger partial charge < -0.3 is 4.90 Å². The number of aryl methyl sites for hydroxylation is 1. The number of thiophene rings is 1. The number of nitrogens with zero attached hydrogens (tertiary/aromatic N) is 1. The fourth-order valence-electron chi connectivity index (χ4n) is 3.45. The Bertz CT molecular complexity index is 836. The number of hydrogen-bond donors (Lipinski definition) is 0. The monoisotopic (exact) mass is 379 g/mol. The third kappa shape index (κ3) is 3.44. The number of hydrogen-bond acceptors (Lipinski definition) is 3. The number of carbonyl (C=O) groups is 1. The van der Waals surface area contributed by atoms with E-state index in [0.29, 0.717) is 0 Å². The van der Waals surface area contributed by atoms with E-state index < -0.39 is 0 Å². The van der Waals surface area contributed by atoms with Crippen LogP contribution < -0.4 is 0 Å². The van der Waals surface area contributed by atoms with Crippen molar-refractivity contribution < 1.29 is 4.79 Å². The summed E-state index contributed by atoms with van der Waals surface area (Å²) in [4.78, 5) is 18.3. The van der Waals surface area contributed by atoms with Crippen LogP contribution >= 0.6 is 23.1 Å². The minimum absolute atomic E-state index is 0.135. The Kier molecular flexibility index (Phi) is 5.14. The van der Waals surface area contributed by atoms with Crippen molar-refractivity contribution in [3.8, 4) is 0 Å². The van der Waals surface area contributed by atoms with Crippen LogP contribution in [0.2, 0.25) is 0 Å². The molecule has 1 fully saturated rings. The van der Waals surface area contributed by atoms with Gasteiger partial charge in [-0.3, -0.25) is 4.79 Å². The van der Waals surface area contributed by atoms with Gasteiger partial charge in [-0.15, -0.1) is 23.1 Å². The Morgan fingerprint density at radius 1 is 0.962 bits per heavy atom. The first-order valence-electron chi connectivity index (χ1n) is 8.82. The van der Waals surface area contributed by atoms with E-state index in [-0.39, 0.29) is 17.2 Å². The minimum Gasteiger partial charge on any atom is -0.324 e. The first kappa shape index (κ1) is 17.4. The van der Waals surface area contributed by atoms with Crippen LogP contribution in [0.25, 0.3) is 0 Å². The van der Waals surface area contributed by atoms with Gasteiger partial charge in [-0.25, -0.2) is 0 Å². The van der Waals surface area contributed by atoms with Crippen LogP contribution in [0.15, 0.2) is 72.8 Å². The maximum Gasteiger partial charge on any atom is 0.235 e. The molecule has 2 aromatic carbocycles. The molecular formula is C22H21NOS2. The largest absolute Gasteiger partial charge is 0.324 e. The minimum atomic E-state index is -0.250. The first-order chi connectivity index (χ1) is 12.7. The average Bonchev–Trinajstić information content (AvgIpc) is 3.32. The summed E-state index contributed by atoms with van der Waals surface area (Å²) in [7, 11) is 0. The van der Waals surface area contributed by atoms with Crippen molar-refractivity contribution in [2.45, 2.75) is 18.2 Å². The molecule has 0 bridgehead atoms. The van der Waals surface area contributed by atoms with Gasteiger partial charge in [-0.1, -0.05) is 60.7 Å². The second-order valence-corrected chi connectivity index (χ2v) is 8.97. The molecule has 2 nitrogen and oxygen atoms in total. The molecule has 4 heteroatoms. The highest BCUT2D eigenvalue weighted by Crippen LogP contribution is 2.43. The predicted octanol–water partition coefficient (Wildman–Crippen LogP) is 5.46. The number of carbonyl (C=O) groups excluding carboxylic acids is 1. The van der Waals surface area contributed by atoms with Crippen molar-refractivity contribution in [3.05, 3.63) is 93.7 Å². The Labute approximate surface area is 162 Å². The average molecular weight is 380 g/mol. The van der Waals surface area contributed by atoms with Crippen LogP contribution in [-0.4, -0.2) is 23.1 Å². The van der Waals surface area contributed by atoms with Crippen molar-refractivity contribution in [3.63, 3.8) is 0 Å². The van der Waals surface area contributed by atoms with E-state index in [4.69, 9.17) is 0 Å². The van der Waals surface area contributed by atoms with Gasteiger partial charge in [0, 0.05) is 22.1 Å². The zero-order valence-electron chi connectivity index (χ0n) is 14.7. The Balaban J connectivity index is 1.70. The summed E-state index contributed by atoms with van der Waals surface area (Å²) in [5.41, 5.74) is 2.11. The third-order valence-electron chi connectivity index (χ3n) is 4.69. The molecule has 0 aliphatic carbocycles. The maximum absolute atomic E-state index is 13.7. The van der Waals surface area contributed by atoms with Crippen molar-refractivity contribution >= 4 is 29.0 Å². The van der Waals surface area contributed by atoms with Gasteiger partial charge >= 0.3 is 0 Å². The molecule has 1 aromatic heterocycles. The number of rotatable bonds is 4. The van der Waals surface area contributed by atoms with Gasteiger partial charge in [0.15, 0.2) is 0 Å². The van der Waals surface area contributed by atoms with Gasteiger partial charge in [0.05, 0.1) is 5.92 Å². The van der Waals surface area contributed by atoms with Crippen molar-refractivity contribution in [1.82, 2.24) is 4.90 Å². The topological polar surface area (TPSA) is 20.3 Å². The summed E-state index contributed by atoms with van der Waals surface area (Å²) in [6.07, 6.45) is 0. The van der Waals surface area contributed by atoms with Crippen LogP contribution in [0.3, 0.4) is 0 Å². The van der Waals surface area contributed by atoms with Gasteiger partial charge in [-0.2, -0.15) is 0 Å². The van der Waals surface area contributed by atoms with E-state index in [9.17, 15) is 4.79 Å². The van der Waals surface area contributed by atoms with Gasteiger partial charge in [-0.05, 0) is 30.2 Å². The van der Waals surface area contributed by atoms with Crippen LogP contribution in [0.4, 0.5) is 0 Å². The lowest BCUT2D eigenvalue weighted by Gasteiger charge is -2.28.